The van der Waals surface area contributed by atoms with Gasteiger partial charge in [0.2, 0.25) is 0 Å². The highest BCUT2D eigenvalue weighted by Gasteiger charge is 2.14. The number of halogens is 2. The first-order chi connectivity index (χ1) is 9.45. The Morgan fingerprint density at radius 1 is 1.05 bits per heavy atom. The van der Waals surface area contributed by atoms with Crippen LogP contribution in [-0.2, 0) is 0 Å². The van der Waals surface area contributed by atoms with Crippen molar-refractivity contribution >= 4 is 34.2 Å². The lowest BCUT2D eigenvalue weighted by atomic mass is 10.1. The number of aromatic hydroxyl groups is 1. The lowest BCUT2D eigenvalue weighted by Crippen LogP contribution is -1.83. The van der Waals surface area contributed by atoms with Gasteiger partial charge < -0.3 is 10.1 Å². The molecule has 2 aromatic carbocycles. The molecule has 0 atom stereocenters. The van der Waals surface area contributed by atoms with Crippen LogP contribution in [0.3, 0.4) is 0 Å². The number of H-pyrrole nitrogens is 1. The predicted octanol–water partition coefficient (Wildman–Crippen LogP) is 4.86. The van der Waals surface area contributed by atoms with E-state index in [1.165, 1.54) is 17.2 Å². The first-order valence-corrected chi connectivity index (χ1v) is 6.86. The standard InChI is InChI=1S/C15H12Cl2N2O/c1-7-3-12-13(4-8(7)2)19-15(18-12)10-5-9(16)6-11(17)14(10)20/h3-6,20H,1-2H3,(H,18,19). The number of nitrogens with one attached hydrogen (secondary N) is 1. The maximum atomic E-state index is 10.1. The van der Waals surface area contributed by atoms with Crippen molar-refractivity contribution in [1.82, 2.24) is 9.97 Å². The van der Waals surface area contributed by atoms with E-state index < -0.39 is 0 Å². The van der Waals surface area contributed by atoms with Crippen LogP contribution in [0, 0.1) is 13.8 Å². The van der Waals surface area contributed by atoms with E-state index in [4.69, 9.17) is 23.2 Å². The van der Waals surface area contributed by atoms with Gasteiger partial charge in [-0.05, 0) is 49.2 Å². The normalized spacial score (nSPS) is 11.2. The molecule has 20 heavy (non-hydrogen) atoms. The molecule has 0 aliphatic heterocycles. The van der Waals surface area contributed by atoms with Crippen LogP contribution in [0.15, 0.2) is 24.3 Å². The van der Waals surface area contributed by atoms with Gasteiger partial charge in [-0.3, -0.25) is 0 Å². The number of nitrogens with zero attached hydrogens (tertiary/aromatic N) is 1. The fourth-order valence-electron chi connectivity index (χ4n) is 2.14. The van der Waals surface area contributed by atoms with E-state index >= 15 is 0 Å². The molecule has 0 spiro atoms. The molecule has 0 saturated carbocycles. The van der Waals surface area contributed by atoms with E-state index in [0.717, 1.165) is 11.0 Å². The Hall–Kier alpha value is -1.71. The highest BCUT2D eigenvalue weighted by molar-refractivity contribution is 6.36. The second-order valence-electron chi connectivity index (χ2n) is 4.82. The molecule has 3 aromatic rings. The maximum Gasteiger partial charge on any atom is 0.145 e. The summed E-state index contributed by atoms with van der Waals surface area (Å²) in [6.45, 7) is 4.08. The van der Waals surface area contributed by atoms with Crippen LogP contribution < -0.4 is 0 Å². The topological polar surface area (TPSA) is 48.9 Å². The second kappa shape index (κ2) is 4.69. The van der Waals surface area contributed by atoms with Gasteiger partial charge in [-0.15, -0.1) is 0 Å². The Balaban J connectivity index is 2.25. The molecule has 0 bridgehead atoms. The third-order valence-corrected chi connectivity index (χ3v) is 3.89. The molecule has 1 aromatic heterocycles. The average Bonchev–Trinajstić information content (AvgIpc) is 2.77. The predicted molar refractivity (Wildman–Crippen MR) is 82.7 cm³/mol. The molecule has 0 amide bonds. The summed E-state index contributed by atoms with van der Waals surface area (Å²) >= 11 is 11.9. The largest absolute Gasteiger partial charge is 0.506 e. The number of benzene rings is 2. The molecular weight excluding hydrogens is 295 g/mol. The first-order valence-electron chi connectivity index (χ1n) is 6.11. The van der Waals surface area contributed by atoms with Crippen molar-refractivity contribution in [2.75, 3.05) is 0 Å². The highest BCUT2D eigenvalue weighted by Crippen LogP contribution is 2.37. The molecule has 0 fully saturated rings. The summed E-state index contributed by atoms with van der Waals surface area (Å²) in [5.41, 5.74) is 4.61. The average molecular weight is 307 g/mol. The number of fused-ring (bicyclic) bond motifs is 1. The Labute approximate surface area is 126 Å². The first kappa shape index (κ1) is 13.3. The van der Waals surface area contributed by atoms with Gasteiger partial charge in [0.05, 0.1) is 21.6 Å². The van der Waals surface area contributed by atoms with Gasteiger partial charge in [-0.1, -0.05) is 23.2 Å². The highest BCUT2D eigenvalue weighted by atomic mass is 35.5. The van der Waals surface area contributed by atoms with Gasteiger partial charge in [-0.2, -0.15) is 0 Å². The smallest absolute Gasteiger partial charge is 0.145 e. The van der Waals surface area contributed by atoms with Crippen molar-refractivity contribution in [3.63, 3.8) is 0 Å². The zero-order valence-corrected chi connectivity index (χ0v) is 12.5. The molecule has 102 valence electrons. The van der Waals surface area contributed by atoms with Crippen molar-refractivity contribution in [3.8, 4) is 17.1 Å². The zero-order valence-electron chi connectivity index (χ0n) is 11.0. The Morgan fingerprint density at radius 2 is 1.75 bits per heavy atom. The van der Waals surface area contributed by atoms with E-state index in [9.17, 15) is 5.11 Å². The maximum absolute atomic E-state index is 10.1. The van der Waals surface area contributed by atoms with Crippen LogP contribution in [0.2, 0.25) is 10.0 Å². The lowest BCUT2D eigenvalue weighted by molar-refractivity contribution is 0.477. The van der Waals surface area contributed by atoms with E-state index in [2.05, 4.69) is 9.97 Å². The lowest BCUT2D eigenvalue weighted by Gasteiger charge is -2.04. The van der Waals surface area contributed by atoms with Crippen molar-refractivity contribution in [1.29, 1.82) is 0 Å². The summed E-state index contributed by atoms with van der Waals surface area (Å²) in [6, 6.07) is 7.18. The molecule has 3 rings (SSSR count). The van der Waals surface area contributed by atoms with Gasteiger partial charge in [-0.25, -0.2) is 4.98 Å². The molecule has 0 radical (unpaired) electrons. The van der Waals surface area contributed by atoms with Crippen LogP contribution >= 0.6 is 23.2 Å². The summed E-state index contributed by atoms with van der Waals surface area (Å²) in [7, 11) is 0. The Bertz CT molecular complexity index is 785. The molecule has 0 saturated heterocycles. The number of aromatic amines is 1. The number of imidazole rings is 1. The number of hydrogen-bond donors (Lipinski definition) is 2. The van der Waals surface area contributed by atoms with E-state index in [1.54, 1.807) is 6.07 Å². The quantitative estimate of drug-likeness (QED) is 0.674. The van der Waals surface area contributed by atoms with E-state index in [0.29, 0.717) is 16.4 Å². The van der Waals surface area contributed by atoms with Crippen LogP contribution in [-0.4, -0.2) is 15.1 Å². The number of phenolic OH excluding ortho intramolecular Hbond substituents is 1. The number of aromatic nitrogens is 2. The summed E-state index contributed by atoms with van der Waals surface area (Å²) in [5.74, 6) is 0.524. The summed E-state index contributed by atoms with van der Waals surface area (Å²) in [4.78, 5) is 7.68. The van der Waals surface area contributed by atoms with Crippen LogP contribution in [0.4, 0.5) is 0 Å². The molecule has 2 N–H and O–H groups in total. The fourth-order valence-corrected chi connectivity index (χ4v) is 2.64. The van der Waals surface area contributed by atoms with Crippen LogP contribution in [0.1, 0.15) is 11.1 Å². The van der Waals surface area contributed by atoms with Crippen molar-refractivity contribution < 1.29 is 5.11 Å². The number of phenols is 1. The Kier molecular flexibility index (Phi) is 3.11. The van der Waals surface area contributed by atoms with Crippen molar-refractivity contribution in [2.24, 2.45) is 0 Å². The summed E-state index contributed by atoms with van der Waals surface area (Å²) in [6.07, 6.45) is 0. The zero-order chi connectivity index (χ0) is 14.4. The number of hydrogen-bond acceptors (Lipinski definition) is 2. The Morgan fingerprint density at radius 3 is 2.50 bits per heavy atom. The molecule has 0 aliphatic rings. The molecule has 0 aliphatic carbocycles. The molecule has 0 unspecified atom stereocenters. The third kappa shape index (κ3) is 2.13. The van der Waals surface area contributed by atoms with Gasteiger partial charge in [0.15, 0.2) is 0 Å². The minimum Gasteiger partial charge on any atom is -0.506 e. The fraction of sp³-hybridized carbons (Fsp3) is 0.133. The van der Waals surface area contributed by atoms with E-state index in [-0.39, 0.29) is 10.8 Å². The third-order valence-electron chi connectivity index (χ3n) is 3.38. The number of aryl methyl sites for hydroxylation is 2. The molecule has 3 nitrogen and oxygen atoms in total. The molecule has 1 heterocycles. The van der Waals surface area contributed by atoms with Gasteiger partial charge in [0, 0.05) is 5.02 Å². The minimum absolute atomic E-state index is 0.0245. The van der Waals surface area contributed by atoms with Crippen LogP contribution in [0.25, 0.3) is 22.4 Å². The monoisotopic (exact) mass is 306 g/mol. The van der Waals surface area contributed by atoms with Gasteiger partial charge in [0.1, 0.15) is 11.6 Å². The van der Waals surface area contributed by atoms with Crippen molar-refractivity contribution in [3.05, 3.63) is 45.4 Å². The van der Waals surface area contributed by atoms with E-state index in [1.807, 2.05) is 26.0 Å². The summed E-state index contributed by atoms with van der Waals surface area (Å²) in [5, 5.41) is 10.7. The van der Waals surface area contributed by atoms with Gasteiger partial charge in [0.25, 0.3) is 0 Å². The SMILES string of the molecule is Cc1cc2nc(-c3cc(Cl)cc(Cl)c3O)[nH]c2cc1C. The molecular formula is C15H12Cl2N2O. The van der Waals surface area contributed by atoms with Crippen molar-refractivity contribution in [2.45, 2.75) is 13.8 Å². The number of rotatable bonds is 1. The van der Waals surface area contributed by atoms with Crippen LogP contribution in [0.5, 0.6) is 5.75 Å². The molecule has 5 heteroatoms. The second-order valence-corrected chi connectivity index (χ2v) is 5.67. The minimum atomic E-state index is -0.0245. The van der Waals surface area contributed by atoms with Gasteiger partial charge >= 0.3 is 0 Å². The summed E-state index contributed by atoms with van der Waals surface area (Å²) < 4.78 is 0.